The molecule has 0 fully saturated rings. The van der Waals surface area contributed by atoms with Gasteiger partial charge in [0.2, 0.25) is 11.7 Å². The molecule has 0 unspecified atom stereocenters. The van der Waals surface area contributed by atoms with Gasteiger partial charge in [-0.3, -0.25) is 9.97 Å². The first-order valence-electron chi connectivity index (χ1n) is 6.63. The molecule has 0 spiro atoms. The highest BCUT2D eigenvalue weighted by atomic mass is 16.5. The van der Waals surface area contributed by atoms with Gasteiger partial charge in [0.1, 0.15) is 0 Å². The maximum Gasteiger partial charge on any atom is 0.417 e. The number of nitrogens with zero attached hydrogens (tertiary/aromatic N) is 3. The monoisotopic (exact) mass is 294 g/mol. The predicted molar refractivity (Wildman–Crippen MR) is 77.2 cm³/mol. The summed E-state index contributed by atoms with van der Waals surface area (Å²) in [5.74, 6) is 0.522. The molecule has 1 N–H and O–H groups in total. The molecule has 4 rings (SSSR count). The van der Waals surface area contributed by atoms with Gasteiger partial charge >= 0.3 is 5.76 Å². The van der Waals surface area contributed by atoms with Crippen LogP contribution in [0, 0.1) is 0 Å². The zero-order valence-corrected chi connectivity index (χ0v) is 11.3. The lowest BCUT2D eigenvalue weighted by Crippen LogP contribution is -1.93. The Labute approximate surface area is 123 Å². The number of aromatic amines is 1. The van der Waals surface area contributed by atoms with Crippen LogP contribution in [0.25, 0.3) is 22.5 Å². The number of pyridine rings is 1. The number of hydrogen-bond donors (Lipinski definition) is 1. The van der Waals surface area contributed by atoms with Crippen molar-refractivity contribution in [2.24, 2.45) is 0 Å². The van der Waals surface area contributed by atoms with Gasteiger partial charge in [-0.1, -0.05) is 11.2 Å². The van der Waals surface area contributed by atoms with Crippen LogP contribution in [0.3, 0.4) is 0 Å². The molecule has 3 heterocycles. The Morgan fingerprint density at radius 1 is 1.23 bits per heavy atom. The van der Waals surface area contributed by atoms with Crippen LogP contribution in [0.4, 0.5) is 0 Å². The lowest BCUT2D eigenvalue weighted by Gasteiger charge is -1.96. The fourth-order valence-corrected chi connectivity index (χ4v) is 2.22. The van der Waals surface area contributed by atoms with Gasteiger partial charge in [0, 0.05) is 18.0 Å². The lowest BCUT2D eigenvalue weighted by molar-refractivity contribution is 0.385. The van der Waals surface area contributed by atoms with Gasteiger partial charge in [-0.15, -0.1) is 0 Å². The maximum absolute atomic E-state index is 11.1. The number of hydrogen-bond acceptors (Lipinski definition) is 6. The van der Waals surface area contributed by atoms with E-state index in [0.717, 1.165) is 11.1 Å². The van der Waals surface area contributed by atoms with E-state index in [2.05, 4.69) is 20.1 Å². The number of benzene rings is 1. The first-order chi connectivity index (χ1) is 10.8. The van der Waals surface area contributed by atoms with Crippen molar-refractivity contribution in [2.45, 2.75) is 6.42 Å². The summed E-state index contributed by atoms with van der Waals surface area (Å²) in [4.78, 5) is 22.1. The standard InChI is InChI=1S/C15H10N4O3/c20-15-17-11-6-9(3-4-12(11)21-15)7-13-18-14(19-22-13)10-2-1-5-16-8-10/h1-6,8H,7H2,(H,17,20). The summed E-state index contributed by atoms with van der Waals surface area (Å²) in [7, 11) is 0. The van der Waals surface area contributed by atoms with E-state index in [1.807, 2.05) is 24.3 Å². The molecule has 0 aliphatic heterocycles. The highest BCUT2D eigenvalue weighted by Gasteiger charge is 2.10. The van der Waals surface area contributed by atoms with Crippen molar-refractivity contribution in [1.29, 1.82) is 0 Å². The topological polar surface area (TPSA) is 97.8 Å². The fraction of sp³-hybridized carbons (Fsp3) is 0.0667. The van der Waals surface area contributed by atoms with Gasteiger partial charge in [-0.2, -0.15) is 4.98 Å². The van der Waals surface area contributed by atoms with E-state index in [4.69, 9.17) is 8.94 Å². The summed E-state index contributed by atoms with van der Waals surface area (Å²) in [6.45, 7) is 0. The van der Waals surface area contributed by atoms with Gasteiger partial charge in [0.15, 0.2) is 5.58 Å². The van der Waals surface area contributed by atoms with E-state index in [0.29, 0.717) is 29.2 Å². The number of fused-ring (bicyclic) bond motifs is 1. The molecule has 0 aliphatic carbocycles. The van der Waals surface area contributed by atoms with Crippen molar-refractivity contribution >= 4 is 11.1 Å². The first kappa shape index (κ1) is 12.5. The highest BCUT2D eigenvalue weighted by Crippen LogP contribution is 2.18. The minimum Gasteiger partial charge on any atom is -0.408 e. The molecule has 0 saturated carbocycles. The Hall–Kier alpha value is -3.22. The van der Waals surface area contributed by atoms with Gasteiger partial charge in [0.25, 0.3) is 0 Å². The number of aromatic nitrogens is 4. The molecule has 0 amide bonds. The van der Waals surface area contributed by atoms with Crippen molar-refractivity contribution in [2.75, 3.05) is 0 Å². The van der Waals surface area contributed by atoms with Crippen molar-refractivity contribution < 1.29 is 8.94 Å². The number of rotatable bonds is 3. The van der Waals surface area contributed by atoms with Gasteiger partial charge in [-0.05, 0) is 29.8 Å². The third-order valence-electron chi connectivity index (χ3n) is 3.23. The zero-order chi connectivity index (χ0) is 14.9. The Morgan fingerprint density at radius 3 is 3.05 bits per heavy atom. The van der Waals surface area contributed by atoms with Gasteiger partial charge < -0.3 is 8.94 Å². The van der Waals surface area contributed by atoms with Crippen molar-refractivity contribution in [3.05, 3.63) is 64.7 Å². The number of oxazole rings is 1. The van der Waals surface area contributed by atoms with Crippen LogP contribution in [0.5, 0.6) is 0 Å². The normalized spacial score (nSPS) is 11.1. The quantitative estimate of drug-likeness (QED) is 0.621. The van der Waals surface area contributed by atoms with E-state index < -0.39 is 5.76 Å². The average molecular weight is 294 g/mol. The average Bonchev–Trinajstić information content (AvgIpc) is 3.13. The van der Waals surface area contributed by atoms with Crippen LogP contribution in [0.15, 0.2) is 56.5 Å². The van der Waals surface area contributed by atoms with Gasteiger partial charge in [0.05, 0.1) is 11.9 Å². The molecular weight excluding hydrogens is 284 g/mol. The summed E-state index contributed by atoms with van der Waals surface area (Å²) >= 11 is 0. The van der Waals surface area contributed by atoms with Crippen molar-refractivity contribution in [3.63, 3.8) is 0 Å². The molecule has 1 aromatic carbocycles. The second-order valence-corrected chi connectivity index (χ2v) is 4.78. The van der Waals surface area contributed by atoms with E-state index in [1.165, 1.54) is 0 Å². The summed E-state index contributed by atoms with van der Waals surface area (Å²) in [6.07, 6.45) is 3.83. The third kappa shape index (κ3) is 2.28. The van der Waals surface area contributed by atoms with E-state index in [9.17, 15) is 4.79 Å². The summed E-state index contributed by atoms with van der Waals surface area (Å²) < 4.78 is 10.2. The first-order valence-corrected chi connectivity index (χ1v) is 6.63. The number of nitrogens with one attached hydrogen (secondary N) is 1. The van der Waals surface area contributed by atoms with Crippen LogP contribution < -0.4 is 5.76 Å². The predicted octanol–water partition coefficient (Wildman–Crippen LogP) is 2.16. The van der Waals surface area contributed by atoms with Crippen LogP contribution in [0.1, 0.15) is 11.5 Å². The van der Waals surface area contributed by atoms with Crippen molar-refractivity contribution in [1.82, 2.24) is 20.1 Å². The van der Waals surface area contributed by atoms with E-state index >= 15 is 0 Å². The van der Waals surface area contributed by atoms with Crippen LogP contribution in [-0.4, -0.2) is 20.1 Å². The molecule has 0 aliphatic rings. The second-order valence-electron chi connectivity index (χ2n) is 4.78. The Morgan fingerprint density at radius 2 is 2.18 bits per heavy atom. The van der Waals surface area contributed by atoms with E-state index in [-0.39, 0.29) is 0 Å². The molecule has 7 nitrogen and oxygen atoms in total. The molecule has 22 heavy (non-hydrogen) atoms. The van der Waals surface area contributed by atoms with Crippen LogP contribution in [-0.2, 0) is 6.42 Å². The van der Waals surface area contributed by atoms with E-state index in [1.54, 1.807) is 18.5 Å². The minimum absolute atomic E-state index is 0.469. The lowest BCUT2D eigenvalue weighted by atomic mass is 10.1. The molecule has 0 saturated heterocycles. The molecule has 108 valence electrons. The molecule has 4 aromatic rings. The molecule has 0 radical (unpaired) electrons. The molecule has 3 aromatic heterocycles. The summed E-state index contributed by atoms with van der Waals surface area (Å²) in [5, 5.41) is 3.95. The zero-order valence-electron chi connectivity index (χ0n) is 11.3. The minimum atomic E-state index is -0.469. The Balaban J connectivity index is 1.62. The van der Waals surface area contributed by atoms with Crippen LogP contribution >= 0.6 is 0 Å². The van der Waals surface area contributed by atoms with Crippen molar-refractivity contribution in [3.8, 4) is 11.4 Å². The fourth-order valence-electron chi connectivity index (χ4n) is 2.22. The summed E-state index contributed by atoms with van der Waals surface area (Å²) in [5.41, 5.74) is 2.91. The summed E-state index contributed by atoms with van der Waals surface area (Å²) in [6, 6.07) is 9.10. The third-order valence-corrected chi connectivity index (χ3v) is 3.23. The number of H-pyrrole nitrogens is 1. The molecule has 7 heteroatoms. The SMILES string of the molecule is O=c1[nH]c2cc(Cc3nc(-c4cccnc4)no3)ccc2o1. The van der Waals surface area contributed by atoms with Gasteiger partial charge in [-0.25, -0.2) is 4.79 Å². The maximum atomic E-state index is 11.1. The Kier molecular flexibility index (Phi) is 2.82. The Bertz CT molecular complexity index is 985. The van der Waals surface area contributed by atoms with Crippen LogP contribution in [0.2, 0.25) is 0 Å². The molecular formula is C15H10N4O3. The highest BCUT2D eigenvalue weighted by molar-refractivity contribution is 5.72. The smallest absolute Gasteiger partial charge is 0.408 e. The largest absolute Gasteiger partial charge is 0.417 e. The molecule has 0 bridgehead atoms. The molecule has 0 atom stereocenters. The second kappa shape index (κ2) is 4.96.